The van der Waals surface area contributed by atoms with Crippen molar-refractivity contribution in [1.29, 1.82) is 0 Å². The van der Waals surface area contributed by atoms with Gasteiger partial charge in [0.25, 0.3) is 5.91 Å². The number of hydrogen-bond donors (Lipinski definition) is 3. The van der Waals surface area contributed by atoms with Crippen LogP contribution in [0.1, 0.15) is 21.5 Å². The van der Waals surface area contributed by atoms with Gasteiger partial charge >= 0.3 is 5.97 Å². The third kappa shape index (κ3) is 5.10. The van der Waals surface area contributed by atoms with Crippen LogP contribution < -0.4 is 16.0 Å². The van der Waals surface area contributed by atoms with E-state index in [2.05, 4.69) is 20.9 Å². The molecule has 0 aromatic heterocycles. The van der Waals surface area contributed by atoms with Gasteiger partial charge in [-0.15, -0.1) is 0 Å². The Balaban J connectivity index is 1.71. The minimum absolute atomic E-state index is 0.231. The third-order valence-electron chi connectivity index (χ3n) is 5.54. The van der Waals surface area contributed by atoms with Crippen LogP contribution >= 0.6 is 0 Å². The standard InChI is InChI=1S/C27H28N4O3/c1-31(2)16-15-28-20-10-12-21(13-11-20)29-25(18-7-5-4-6-8-18)24-22-17-19(27(33)34-3)9-14-23(22)30-26(24)32/h4-14,17,28-29H,15-16H2,1-3H3,(H,30,32)/b25-24-. The predicted molar refractivity (Wildman–Crippen MR) is 137 cm³/mol. The number of carbonyl (C=O) groups is 2. The highest BCUT2D eigenvalue weighted by Gasteiger charge is 2.29. The normalized spacial score (nSPS) is 13.8. The summed E-state index contributed by atoms with van der Waals surface area (Å²) in [6.07, 6.45) is 0. The quantitative estimate of drug-likeness (QED) is 0.345. The van der Waals surface area contributed by atoms with Gasteiger partial charge in [-0.3, -0.25) is 4.79 Å². The maximum absolute atomic E-state index is 13.1. The smallest absolute Gasteiger partial charge is 0.337 e. The van der Waals surface area contributed by atoms with Gasteiger partial charge in [0, 0.05) is 35.7 Å². The van der Waals surface area contributed by atoms with E-state index < -0.39 is 5.97 Å². The largest absolute Gasteiger partial charge is 0.465 e. The lowest BCUT2D eigenvalue weighted by Gasteiger charge is -2.16. The highest BCUT2D eigenvalue weighted by atomic mass is 16.5. The minimum Gasteiger partial charge on any atom is -0.465 e. The second-order valence-corrected chi connectivity index (χ2v) is 8.25. The molecule has 0 fully saturated rings. The first kappa shape index (κ1) is 23.1. The Hall–Kier alpha value is -4.10. The van der Waals surface area contributed by atoms with E-state index in [1.54, 1.807) is 18.2 Å². The first-order valence-electron chi connectivity index (χ1n) is 11.1. The van der Waals surface area contributed by atoms with Crippen molar-refractivity contribution < 1.29 is 14.3 Å². The zero-order valence-corrected chi connectivity index (χ0v) is 19.5. The first-order chi connectivity index (χ1) is 16.5. The number of nitrogens with zero attached hydrogens (tertiary/aromatic N) is 1. The van der Waals surface area contributed by atoms with E-state index in [0.29, 0.717) is 28.1 Å². The first-order valence-corrected chi connectivity index (χ1v) is 11.1. The predicted octanol–water partition coefficient (Wildman–Crippen LogP) is 4.38. The minimum atomic E-state index is -0.451. The number of ether oxygens (including phenoxy) is 1. The maximum Gasteiger partial charge on any atom is 0.337 e. The fourth-order valence-corrected chi connectivity index (χ4v) is 3.78. The van der Waals surface area contributed by atoms with Gasteiger partial charge in [0.2, 0.25) is 0 Å². The summed E-state index contributed by atoms with van der Waals surface area (Å²) in [4.78, 5) is 27.3. The third-order valence-corrected chi connectivity index (χ3v) is 5.54. The van der Waals surface area contributed by atoms with E-state index in [-0.39, 0.29) is 5.91 Å². The number of nitrogens with one attached hydrogen (secondary N) is 3. The lowest BCUT2D eigenvalue weighted by Crippen LogP contribution is -2.20. The van der Waals surface area contributed by atoms with Crippen LogP contribution in [0, 0.1) is 0 Å². The second-order valence-electron chi connectivity index (χ2n) is 8.25. The molecule has 0 saturated carbocycles. The number of benzene rings is 3. The van der Waals surface area contributed by atoms with Gasteiger partial charge in [-0.25, -0.2) is 4.79 Å². The number of carbonyl (C=O) groups excluding carboxylic acids is 2. The molecule has 3 aromatic carbocycles. The molecule has 0 atom stereocenters. The summed E-state index contributed by atoms with van der Waals surface area (Å²) in [6.45, 7) is 1.78. The molecule has 1 amide bonds. The molecule has 7 nitrogen and oxygen atoms in total. The van der Waals surface area contributed by atoms with E-state index in [4.69, 9.17) is 4.74 Å². The Bertz CT molecular complexity index is 1220. The number of hydrogen-bond acceptors (Lipinski definition) is 6. The van der Waals surface area contributed by atoms with Crippen molar-refractivity contribution in [1.82, 2.24) is 4.90 Å². The molecule has 174 valence electrons. The molecule has 3 N–H and O–H groups in total. The van der Waals surface area contributed by atoms with Crippen LogP contribution in [0.3, 0.4) is 0 Å². The van der Waals surface area contributed by atoms with E-state index in [0.717, 1.165) is 30.0 Å². The van der Waals surface area contributed by atoms with Crippen molar-refractivity contribution in [2.75, 3.05) is 50.2 Å². The van der Waals surface area contributed by atoms with Gasteiger partial charge in [-0.05, 0) is 62.1 Å². The molecule has 0 bridgehead atoms. The number of fused-ring (bicyclic) bond motifs is 1. The summed E-state index contributed by atoms with van der Waals surface area (Å²) in [5, 5.41) is 9.74. The molecule has 0 radical (unpaired) electrons. The van der Waals surface area contributed by atoms with E-state index >= 15 is 0 Å². The topological polar surface area (TPSA) is 82.7 Å². The number of likely N-dealkylation sites (N-methyl/N-ethyl adjacent to an activating group) is 1. The number of methoxy groups -OCH3 is 1. The van der Waals surface area contributed by atoms with Crippen LogP contribution in [0.5, 0.6) is 0 Å². The lowest BCUT2D eigenvalue weighted by atomic mass is 9.98. The molecule has 4 rings (SSSR count). The van der Waals surface area contributed by atoms with Crippen LogP contribution in [0.4, 0.5) is 17.1 Å². The Labute approximate surface area is 199 Å². The van der Waals surface area contributed by atoms with E-state index in [9.17, 15) is 9.59 Å². The fraction of sp³-hybridized carbons (Fsp3) is 0.185. The van der Waals surface area contributed by atoms with Crippen LogP contribution in [-0.4, -0.2) is 51.1 Å². The zero-order valence-electron chi connectivity index (χ0n) is 19.5. The Morgan fingerprint density at radius 2 is 1.65 bits per heavy atom. The summed E-state index contributed by atoms with van der Waals surface area (Å²) >= 11 is 0. The molecule has 0 saturated heterocycles. The summed E-state index contributed by atoms with van der Waals surface area (Å²) < 4.78 is 4.87. The molecule has 1 heterocycles. The van der Waals surface area contributed by atoms with Crippen LogP contribution in [0.25, 0.3) is 11.3 Å². The van der Waals surface area contributed by atoms with Crippen molar-refractivity contribution in [3.05, 3.63) is 89.5 Å². The van der Waals surface area contributed by atoms with Crippen LogP contribution in [-0.2, 0) is 9.53 Å². The van der Waals surface area contributed by atoms with Crippen molar-refractivity contribution in [3.63, 3.8) is 0 Å². The van der Waals surface area contributed by atoms with Crippen LogP contribution in [0.2, 0.25) is 0 Å². The molecular weight excluding hydrogens is 428 g/mol. The van der Waals surface area contributed by atoms with Crippen molar-refractivity contribution in [2.24, 2.45) is 0 Å². The summed E-state index contributed by atoms with van der Waals surface area (Å²) in [7, 11) is 5.42. The number of rotatable bonds is 8. The van der Waals surface area contributed by atoms with Gasteiger partial charge in [0.1, 0.15) is 0 Å². The Morgan fingerprint density at radius 3 is 2.32 bits per heavy atom. The number of esters is 1. The summed E-state index contributed by atoms with van der Waals surface area (Å²) in [6, 6.07) is 22.7. The van der Waals surface area contributed by atoms with E-state index in [1.807, 2.05) is 68.7 Å². The number of amides is 1. The van der Waals surface area contributed by atoms with Gasteiger partial charge in [-0.1, -0.05) is 30.3 Å². The lowest BCUT2D eigenvalue weighted by molar-refractivity contribution is -0.110. The average molecular weight is 457 g/mol. The SMILES string of the molecule is COC(=O)c1ccc2c(c1)/C(=C(/Nc1ccc(NCCN(C)C)cc1)c1ccccc1)C(=O)N2. The molecule has 0 aliphatic carbocycles. The molecule has 1 aliphatic rings. The molecule has 0 spiro atoms. The highest BCUT2D eigenvalue weighted by Crippen LogP contribution is 2.38. The van der Waals surface area contributed by atoms with Gasteiger partial charge in [0.05, 0.1) is 23.9 Å². The van der Waals surface area contributed by atoms with Gasteiger partial charge in [-0.2, -0.15) is 0 Å². The monoisotopic (exact) mass is 456 g/mol. The highest BCUT2D eigenvalue weighted by molar-refractivity contribution is 6.37. The molecule has 1 aliphatic heterocycles. The van der Waals surface area contributed by atoms with Crippen molar-refractivity contribution in [2.45, 2.75) is 0 Å². The van der Waals surface area contributed by atoms with Gasteiger partial charge < -0.3 is 25.6 Å². The van der Waals surface area contributed by atoms with Crippen LogP contribution in [0.15, 0.2) is 72.8 Å². The van der Waals surface area contributed by atoms with Crippen molar-refractivity contribution >= 4 is 40.2 Å². The second kappa shape index (κ2) is 10.2. The Morgan fingerprint density at radius 1 is 0.941 bits per heavy atom. The average Bonchev–Trinajstić information content (AvgIpc) is 3.18. The van der Waals surface area contributed by atoms with Crippen molar-refractivity contribution in [3.8, 4) is 0 Å². The van der Waals surface area contributed by atoms with Gasteiger partial charge in [0.15, 0.2) is 0 Å². The Kier molecular flexibility index (Phi) is 6.94. The molecule has 34 heavy (non-hydrogen) atoms. The van der Waals surface area contributed by atoms with E-state index in [1.165, 1.54) is 7.11 Å². The zero-order chi connectivity index (χ0) is 24.1. The maximum atomic E-state index is 13.1. The summed E-state index contributed by atoms with van der Waals surface area (Å²) in [5.74, 6) is -0.682. The molecule has 3 aromatic rings. The summed E-state index contributed by atoms with van der Waals surface area (Å²) in [5.41, 5.74) is 5.55. The number of anilines is 3. The molecular formula is C27H28N4O3. The fourth-order valence-electron chi connectivity index (χ4n) is 3.78. The molecule has 7 heteroatoms. The molecule has 0 unspecified atom stereocenters.